The summed E-state index contributed by atoms with van der Waals surface area (Å²) in [7, 11) is 0. The lowest BCUT2D eigenvalue weighted by Gasteiger charge is -2.13. The van der Waals surface area contributed by atoms with Crippen molar-refractivity contribution >= 4 is 40.9 Å². The predicted octanol–water partition coefficient (Wildman–Crippen LogP) is 4.09. The number of benzene rings is 2. The van der Waals surface area contributed by atoms with E-state index in [1.165, 1.54) is 0 Å². The molecule has 0 radical (unpaired) electrons. The normalized spacial score (nSPS) is 10.0. The number of nitrogens with zero attached hydrogens (tertiary/aromatic N) is 1. The minimum Gasteiger partial charge on any atom is -0.480 e. The van der Waals surface area contributed by atoms with E-state index in [-0.39, 0.29) is 6.61 Å². The van der Waals surface area contributed by atoms with Crippen LogP contribution < -0.4 is 10.1 Å². The van der Waals surface area contributed by atoms with Crippen LogP contribution in [0.1, 0.15) is 11.1 Å². The highest BCUT2D eigenvalue weighted by Crippen LogP contribution is 2.27. The summed E-state index contributed by atoms with van der Waals surface area (Å²) in [6, 6.07) is 10.3. The van der Waals surface area contributed by atoms with E-state index < -0.39 is 18.5 Å². The number of carbonyl (C=O) groups excluding carboxylic acids is 2. The second-order valence-corrected chi connectivity index (χ2v) is 6.82. The zero-order chi connectivity index (χ0) is 19.8. The van der Waals surface area contributed by atoms with Crippen molar-refractivity contribution in [3.63, 3.8) is 0 Å². The number of carbonyl (C=O) groups is 2. The van der Waals surface area contributed by atoms with Crippen molar-refractivity contribution < 1.29 is 19.1 Å². The molecule has 0 fully saturated rings. The molecule has 0 aliphatic heterocycles. The molecule has 27 heavy (non-hydrogen) atoms. The molecule has 0 aliphatic rings. The number of hydrogen-bond acceptors (Lipinski definition) is 6. The maximum absolute atomic E-state index is 12.1. The number of ether oxygens (including phenoxy) is 2. The summed E-state index contributed by atoms with van der Waals surface area (Å²) in [5, 5.41) is 13.9. The standard InChI is InChI=1S/C19H17ClN2O4S/c1-12-7-14(27-11-21)8-13(2)19(12)22-17(23)9-26-18(24)10-25-16-6-4-3-5-15(16)20/h3-8H,9-10H2,1-2H3,(H,22,23). The number of thioether (sulfide) groups is 1. The lowest BCUT2D eigenvalue weighted by Crippen LogP contribution is -2.24. The molecular weight excluding hydrogens is 388 g/mol. The van der Waals surface area contributed by atoms with Gasteiger partial charge in [0.2, 0.25) is 0 Å². The van der Waals surface area contributed by atoms with Crippen LogP contribution in [0, 0.1) is 24.5 Å². The number of nitrogens with one attached hydrogen (secondary N) is 1. The maximum atomic E-state index is 12.1. The number of esters is 1. The monoisotopic (exact) mass is 404 g/mol. The summed E-state index contributed by atoms with van der Waals surface area (Å²) >= 11 is 6.98. The zero-order valence-corrected chi connectivity index (χ0v) is 16.3. The van der Waals surface area contributed by atoms with Crippen LogP contribution in [0.3, 0.4) is 0 Å². The third-order valence-corrected chi connectivity index (χ3v) is 4.36. The maximum Gasteiger partial charge on any atom is 0.344 e. The number of hydrogen-bond donors (Lipinski definition) is 1. The molecular formula is C19H17ClN2O4S. The van der Waals surface area contributed by atoms with Crippen molar-refractivity contribution in [3.8, 4) is 11.2 Å². The quantitative estimate of drug-likeness (QED) is 0.424. The van der Waals surface area contributed by atoms with E-state index in [9.17, 15) is 9.59 Å². The second kappa shape index (κ2) is 9.86. The van der Waals surface area contributed by atoms with Crippen LogP contribution in [0.5, 0.6) is 5.75 Å². The highest BCUT2D eigenvalue weighted by Gasteiger charge is 2.13. The van der Waals surface area contributed by atoms with Crippen molar-refractivity contribution in [2.45, 2.75) is 18.7 Å². The van der Waals surface area contributed by atoms with Gasteiger partial charge in [-0.15, -0.1) is 0 Å². The van der Waals surface area contributed by atoms with Gasteiger partial charge in [-0.2, -0.15) is 5.26 Å². The lowest BCUT2D eigenvalue weighted by atomic mass is 10.1. The van der Waals surface area contributed by atoms with Crippen molar-refractivity contribution in [3.05, 3.63) is 52.5 Å². The fraction of sp³-hybridized carbons (Fsp3) is 0.211. The Balaban J connectivity index is 1.85. The number of halogens is 1. The molecule has 0 saturated carbocycles. The first kappa shape index (κ1) is 20.6. The van der Waals surface area contributed by atoms with Gasteiger partial charge in [0.05, 0.1) is 5.02 Å². The Kier molecular flexibility index (Phi) is 7.53. The third kappa shape index (κ3) is 6.20. The number of aryl methyl sites for hydroxylation is 2. The summed E-state index contributed by atoms with van der Waals surface area (Å²) in [5.74, 6) is -0.783. The minimum atomic E-state index is -0.681. The molecule has 0 aromatic heterocycles. The Morgan fingerprint density at radius 2 is 1.85 bits per heavy atom. The van der Waals surface area contributed by atoms with Gasteiger partial charge in [0.1, 0.15) is 11.2 Å². The highest BCUT2D eigenvalue weighted by atomic mass is 35.5. The number of amides is 1. The van der Waals surface area contributed by atoms with E-state index in [2.05, 4.69) is 5.32 Å². The fourth-order valence-electron chi connectivity index (χ4n) is 2.29. The van der Waals surface area contributed by atoms with Crippen LogP contribution in [0.25, 0.3) is 0 Å². The summed E-state index contributed by atoms with van der Waals surface area (Å²) in [6.07, 6.45) is 0. The number of anilines is 1. The van der Waals surface area contributed by atoms with E-state index in [1.54, 1.807) is 36.4 Å². The van der Waals surface area contributed by atoms with E-state index in [4.69, 9.17) is 26.3 Å². The first-order valence-electron chi connectivity index (χ1n) is 7.90. The smallest absolute Gasteiger partial charge is 0.344 e. The Labute approximate surface area is 166 Å². The van der Waals surface area contributed by atoms with Crippen LogP contribution >= 0.6 is 23.4 Å². The number of rotatable bonds is 7. The molecule has 6 nitrogen and oxygen atoms in total. The van der Waals surface area contributed by atoms with Gasteiger partial charge < -0.3 is 14.8 Å². The first-order chi connectivity index (χ1) is 12.9. The van der Waals surface area contributed by atoms with Crippen LogP contribution in [0.2, 0.25) is 5.02 Å². The summed E-state index contributed by atoms with van der Waals surface area (Å²) < 4.78 is 10.2. The van der Waals surface area contributed by atoms with Gasteiger partial charge in [0.15, 0.2) is 13.2 Å². The number of thiocyanates is 1. The third-order valence-electron chi connectivity index (χ3n) is 3.48. The van der Waals surface area contributed by atoms with E-state index in [0.717, 1.165) is 27.8 Å². The van der Waals surface area contributed by atoms with Crippen molar-refractivity contribution in [1.82, 2.24) is 0 Å². The van der Waals surface area contributed by atoms with E-state index in [1.807, 2.05) is 19.2 Å². The molecule has 0 bridgehead atoms. The molecule has 8 heteroatoms. The summed E-state index contributed by atoms with van der Waals surface area (Å²) in [5.41, 5.74) is 2.26. The zero-order valence-electron chi connectivity index (χ0n) is 14.7. The Hall–Kier alpha value is -2.69. The van der Waals surface area contributed by atoms with Crippen molar-refractivity contribution in [1.29, 1.82) is 5.26 Å². The molecule has 0 spiro atoms. The molecule has 0 unspecified atom stereocenters. The first-order valence-corrected chi connectivity index (χ1v) is 9.10. The van der Waals surface area contributed by atoms with Crippen LogP contribution in [-0.2, 0) is 14.3 Å². The molecule has 0 saturated heterocycles. The molecule has 140 valence electrons. The average molecular weight is 405 g/mol. The Morgan fingerprint density at radius 3 is 2.48 bits per heavy atom. The van der Waals surface area contributed by atoms with Gasteiger partial charge in [0.25, 0.3) is 5.91 Å². The predicted molar refractivity (Wildman–Crippen MR) is 104 cm³/mol. The van der Waals surface area contributed by atoms with Crippen molar-refractivity contribution in [2.75, 3.05) is 18.5 Å². The van der Waals surface area contributed by atoms with Crippen LogP contribution in [0.4, 0.5) is 5.69 Å². The lowest BCUT2D eigenvalue weighted by molar-refractivity contribution is -0.149. The minimum absolute atomic E-state index is 0.352. The molecule has 1 amide bonds. The molecule has 1 N–H and O–H groups in total. The molecule has 2 aromatic rings. The van der Waals surface area contributed by atoms with Gasteiger partial charge in [-0.1, -0.05) is 23.7 Å². The van der Waals surface area contributed by atoms with E-state index in [0.29, 0.717) is 16.5 Å². The van der Waals surface area contributed by atoms with Crippen LogP contribution in [0.15, 0.2) is 41.3 Å². The molecule has 0 atom stereocenters. The highest BCUT2D eigenvalue weighted by molar-refractivity contribution is 8.03. The second-order valence-electron chi connectivity index (χ2n) is 5.55. The SMILES string of the molecule is Cc1cc(SC#N)cc(C)c1NC(=O)COC(=O)COc1ccccc1Cl. The number of para-hydroxylation sites is 1. The summed E-state index contributed by atoms with van der Waals surface area (Å²) in [4.78, 5) is 24.6. The molecule has 0 heterocycles. The Bertz CT molecular complexity index is 873. The van der Waals surface area contributed by atoms with E-state index >= 15 is 0 Å². The fourth-order valence-corrected chi connectivity index (χ4v) is 3.06. The largest absolute Gasteiger partial charge is 0.480 e. The topological polar surface area (TPSA) is 88.4 Å². The molecule has 0 aliphatic carbocycles. The van der Waals surface area contributed by atoms with Gasteiger partial charge in [0, 0.05) is 10.6 Å². The molecule has 2 aromatic carbocycles. The van der Waals surface area contributed by atoms with Crippen molar-refractivity contribution in [2.24, 2.45) is 0 Å². The Morgan fingerprint density at radius 1 is 1.19 bits per heavy atom. The van der Waals surface area contributed by atoms with Gasteiger partial charge >= 0.3 is 5.97 Å². The summed E-state index contributed by atoms with van der Waals surface area (Å²) in [6.45, 7) is 2.87. The molecule has 2 rings (SSSR count). The average Bonchev–Trinajstić information content (AvgIpc) is 2.62. The van der Waals surface area contributed by atoms with Crippen LogP contribution in [-0.4, -0.2) is 25.1 Å². The van der Waals surface area contributed by atoms with Gasteiger partial charge in [-0.25, -0.2) is 4.79 Å². The van der Waals surface area contributed by atoms with Gasteiger partial charge in [-0.3, -0.25) is 4.79 Å². The van der Waals surface area contributed by atoms with Gasteiger partial charge in [-0.05, 0) is 61.0 Å². The number of nitriles is 1.